The van der Waals surface area contributed by atoms with Gasteiger partial charge >= 0.3 is 5.97 Å². The van der Waals surface area contributed by atoms with Crippen molar-refractivity contribution < 1.29 is 23.1 Å². The maximum atomic E-state index is 12.1. The van der Waals surface area contributed by atoms with Crippen LogP contribution in [0.5, 0.6) is 0 Å². The molecule has 2 atom stereocenters. The Bertz CT molecular complexity index is 402. The molecule has 2 unspecified atom stereocenters. The number of sulfone groups is 1. The van der Waals surface area contributed by atoms with Gasteiger partial charge in [0.25, 0.3) is 0 Å². The van der Waals surface area contributed by atoms with Gasteiger partial charge in [-0.3, -0.25) is 9.59 Å². The van der Waals surface area contributed by atoms with E-state index in [9.17, 15) is 18.0 Å². The third-order valence-corrected chi connectivity index (χ3v) is 5.27. The molecular formula is C11H21NO5S. The van der Waals surface area contributed by atoms with Crippen LogP contribution in [-0.4, -0.2) is 42.4 Å². The zero-order valence-electron chi connectivity index (χ0n) is 11.1. The molecule has 0 spiro atoms. The fraction of sp³-hybridized carbons (Fsp3) is 0.818. The molecule has 0 heterocycles. The first-order valence-corrected chi connectivity index (χ1v) is 7.50. The maximum absolute atomic E-state index is 12.1. The third-order valence-electron chi connectivity index (χ3n) is 2.61. The van der Waals surface area contributed by atoms with Crippen molar-refractivity contribution in [3.8, 4) is 0 Å². The standard InChI is InChI=1S/C11H21NO5S/c1-5-6-12-10(13)8(4)18(16,17)9(7(2)3)11(14)15/h7-9H,5-6H2,1-4H3,(H,12,13)(H,14,15). The van der Waals surface area contributed by atoms with Gasteiger partial charge in [-0.05, 0) is 19.3 Å². The molecule has 18 heavy (non-hydrogen) atoms. The van der Waals surface area contributed by atoms with Crippen LogP contribution in [-0.2, 0) is 19.4 Å². The van der Waals surface area contributed by atoms with Crippen LogP contribution in [0.3, 0.4) is 0 Å². The molecule has 1 amide bonds. The van der Waals surface area contributed by atoms with Crippen LogP contribution in [0.1, 0.15) is 34.1 Å². The van der Waals surface area contributed by atoms with E-state index in [4.69, 9.17) is 5.11 Å². The van der Waals surface area contributed by atoms with Crippen molar-refractivity contribution in [1.29, 1.82) is 0 Å². The Kier molecular flexibility index (Phi) is 6.31. The third kappa shape index (κ3) is 3.97. The quantitative estimate of drug-likeness (QED) is 0.703. The zero-order chi connectivity index (χ0) is 14.5. The summed E-state index contributed by atoms with van der Waals surface area (Å²) in [5.74, 6) is -2.65. The second kappa shape index (κ2) is 6.72. The van der Waals surface area contributed by atoms with Crippen molar-refractivity contribution in [2.45, 2.75) is 44.6 Å². The predicted octanol–water partition coefficient (Wildman–Crippen LogP) is 0.425. The van der Waals surface area contributed by atoms with Crippen LogP contribution in [0, 0.1) is 5.92 Å². The van der Waals surface area contributed by atoms with E-state index in [0.29, 0.717) is 13.0 Å². The molecule has 106 valence electrons. The van der Waals surface area contributed by atoms with Crippen LogP contribution in [0.25, 0.3) is 0 Å². The van der Waals surface area contributed by atoms with Crippen LogP contribution in [0.15, 0.2) is 0 Å². The molecule has 0 fully saturated rings. The van der Waals surface area contributed by atoms with E-state index in [-0.39, 0.29) is 0 Å². The van der Waals surface area contributed by atoms with Gasteiger partial charge < -0.3 is 10.4 Å². The average molecular weight is 279 g/mol. The number of aliphatic carboxylic acids is 1. The summed E-state index contributed by atoms with van der Waals surface area (Å²) in [7, 11) is -4.04. The van der Waals surface area contributed by atoms with Gasteiger partial charge in [-0.25, -0.2) is 8.42 Å². The Morgan fingerprint density at radius 1 is 1.22 bits per heavy atom. The fourth-order valence-corrected chi connectivity index (χ4v) is 3.43. The molecule has 0 aliphatic rings. The van der Waals surface area contributed by atoms with E-state index >= 15 is 0 Å². The van der Waals surface area contributed by atoms with E-state index in [2.05, 4.69) is 5.32 Å². The molecule has 0 aliphatic carbocycles. The number of carbonyl (C=O) groups is 2. The van der Waals surface area contributed by atoms with Crippen molar-refractivity contribution in [1.82, 2.24) is 5.32 Å². The summed E-state index contributed by atoms with van der Waals surface area (Å²) in [6, 6.07) is 0. The largest absolute Gasteiger partial charge is 0.480 e. The molecule has 7 heteroatoms. The second-order valence-corrected chi connectivity index (χ2v) is 6.92. The van der Waals surface area contributed by atoms with Crippen molar-refractivity contribution in [3.05, 3.63) is 0 Å². The van der Waals surface area contributed by atoms with Crippen molar-refractivity contribution >= 4 is 21.7 Å². The van der Waals surface area contributed by atoms with Crippen molar-refractivity contribution in [2.24, 2.45) is 5.92 Å². The molecule has 2 N–H and O–H groups in total. The summed E-state index contributed by atoms with van der Waals surface area (Å²) in [6.45, 7) is 6.45. The molecule has 0 aromatic carbocycles. The van der Waals surface area contributed by atoms with Gasteiger partial charge in [0.1, 0.15) is 5.25 Å². The number of rotatable bonds is 7. The highest BCUT2D eigenvalue weighted by Crippen LogP contribution is 2.18. The molecule has 0 aliphatic heterocycles. The Hall–Kier alpha value is -1.11. The van der Waals surface area contributed by atoms with Gasteiger partial charge in [0.05, 0.1) is 0 Å². The summed E-state index contributed by atoms with van der Waals surface area (Å²) >= 11 is 0. The summed E-state index contributed by atoms with van der Waals surface area (Å²) in [5.41, 5.74) is 0. The van der Waals surface area contributed by atoms with E-state index < -0.39 is 38.1 Å². The highest BCUT2D eigenvalue weighted by molar-refractivity contribution is 7.94. The Balaban J connectivity index is 5.12. The number of hydrogen-bond acceptors (Lipinski definition) is 4. The molecule has 0 saturated carbocycles. The lowest BCUT2D eigenvalue weighted by molar-refractivity contribution is -0.137. The number of nitrogens with one attached hydrogen (secondary N) is 1. The van der Waals surface area contributed by atoms with E-state index in [0.717, 1.165) is 0 Å². The maximum Gasteiger partial charge on any atom is 0.322 e. The topological polar surface area (TPSA) is 101 Å². The normalized spacial score (nSPS) is 15.2. The van der Waals surface area contributed by atoms with Gasteiger partial charge in [-0.2, -0.15) is 0 Å². The summed E-state index contributed by atoms with van der Waals surface area (Å²) in [5, 5.41) is 8.53. The van der Waals surface area contributed by atoms with Gasteiger partial charge in [0.2, 0.25) is 5.91 Å². The number of carbonyl (C=O) groups excluding carboxylic acids is 1. The summed E-state index contributed by atoms with van der Waals surface area (Å²) < 4.78 is 24.2. The lowest BCUT2D eigenvalue weighted by Gasteiger charge is -2.21. The van der Waals surface area contributed by atoms with E-state index in [1.807, 2.05) is 6.92 Å². The minimum atomic E-state index is -4.04. The molecule has 0 aromatic heterocycles. The van der Waals surface area contributed by atoms with Crippen molar-refractivity contribution in [3.63, 3.8) is 0 Å². The van der Waals surface area contributed by atoms with Crippen LogP contribution in [0.2, 0.25) is 0 Å². The Morgan fingerprint density at radius 3 is 2.06 bits per heavy atom. The van der Waals surface area contributed by atoms with Crippen LogP contribution >= 0.6 is 0 Å². The lowest BCUT2D eigenvalue weighted by atomic mass is 10.1. The van der Waals surface area contributed by atoms with Gasteiger partial charge in [-0.1, -0.05) is 20.8 Å². The lowest BCUT2D eigenvalue weighted by Crippen LogP contribution is -2.46. The van der Waals surface area contributed by atoms with E-state index in [1.54, 1.807) is 0 Å². The summed E-state index contributed by atoms with van der Waals surface area (Å²) in [6.07, 6.45) is 0.686. The monoisotopic (exact) mass is 279 g/mol. The first-order chi connectivity index (χ1) is 8.16. The average Bonchev–Trinajstić information content (AvgIpc) is 2.22. The second-order valence-electron chi connectivity index (χ2n) is 4.53. The summed E-state index contributed by atoms with van der Waals surface area (Å²) in [4.78, 5) is 22.6. The van der Waals surface area contributed by atoms with Gasteiger partial charge in [0.15, 0.2) is 15.1 Å². The number of amides is 1. The molecule has 0 radical (unpaired) electrons. The van der Waals surface area contributed by atoms with Gasteiger partial charge in [0, 0.05) is 6.54 Å². The highest BCUT2D eigenvalue weighted by Gasteiger charge is 2.41. The number of carboxylic acids is 1. The first kappa shape index (κ1) is 16.9. The fourth-order valence-electron chi connectivity index (χ4n) is 1.57. The number of carboxylic acid groups (broad SMARTS) is 1. The Labute approximate surface area is 108 Å². The molecule has 6 nitrogen and oxygen atoms in total. The molecule has 0 aromatic rings. The molecule has 0 bridgehead atoms. The zero-order valence-corrected chi connectivity index (χ0v) is 12.0. The van der Waals surface area contributed by atoms with Crippen LogP contribution in [0.4, 0.5) is 0 Å². The molecular weight excluding hydrogens is 258 g/mol. The minimum absolute atomic E-state index is 0.373. The van der Waals surface area contributed by atoms with Crippen molar-refractivity contribution in [2.75, 3.05) is 6.54 Å². The van der Waals surface area contributed by atoms with Crippen LogP contribution < -0.4 is 5.32 Å². The molecule has 0 rings (SSSR count). The molecule has 0 saturated heterocycles. The highest BCUT2D eigenvalue weighted by atomic mass is 32.2. The minimum Gasteiger partial charge on any atom is -0.480 e. The number of hydrogen-bond donors (Lipinski definition) is 2. The smallest absolute Gasteiger partial charge is 0.322 e. The van der Waals surface area contributed by atoms with E-state index in [1.165, 1.54) is 20.8 Å². The Morgan fingerprint density at radius 2 is 1.72 bits per heavy atom. The van der Waals surface area contributed by atoms with Gasteiger partial charge in [-0.15, -0.1) is 0 Å². The first-order valence-electron chi connectivity index (χ1n) is 5.89. The predicted molar refractivity (Wildman–Crippen MR) is 67.9 cm³/mol. The SMILES string of the molecule is CCCNC(=O)C(C)S(=O)(=O)C(C(=O)O)C(C)C.